The highest BCUT2D eigenvalue weighted by Gasteiger charge is 2.02. The first-order valence-corrected chi connectivity index (χ1v) is 6.69. The molecule has 0 bridgehead atoms. The van der Waals surface area contributed by atoms with E-state index >= 15 is 0 Å². The fourth-order valence-corrected chi connectivity index (χ4v) is 2.18. The van der Waals surface area contributed by atoms with Crippen molar-refractivity contribution >= 4 is 17.3 Å². The second-order valence-electron chi connectivity index (χ2n) is 4.13. The van der Waals surface area contributed by atoms with Crippen molar-refractivity contribution in [2.45, 2.75) is 26.7 Å². The Morgan fingerprint density at radius 1 is 1.24 bits per heavy atom. The van der Waals surface area contributed by atoms with Crippen LogP contribution in [0.15, 0.2) is 18.2 Å². The highest BCUT2D eigenvalue weighted by atomic mass is 35.5. The first-order valence-electron chi connectivity index (χ1n) is 6.31. The third-order valence-electron chi connectivity index (χ3n) is 3.11. The molecule has 0 radical (unpaired) electrons. The average molecular weight is 254 g/mol. The molecule has 0 heterocycles. The molecule has 17 heavy (non-hydrogen) atoms. The monoisotopic (exact) mass is 253 g/mol. The number of benzene rings is 1. The molecule has 2 nitrogen and oxygen atoms in total. The zero-order chi connectivity index (χ0) is 12.7. The van der Waals surface area contributed by atoms with E-state index in [9.17, 15) is 0 Å². The predicted octanol–water partition coefficient (Wildman–Crippen LogP) is 4.25. The molecule has 0 fully saturated rings. The Balaban J connectivity index is 2.46. The summed E-state index contributed by atoms with van der Waals surface area (Å²) in [6, 6.07) is 6.06. The summed E-state index contributed by atoms with van der Waals surface area (Å²) < 4.78 is 0. The van der Waals surface area contributed by atoms with Gasteiger partial charge in [-0.2, -0.15) is 0 Å². The topological polar surface area (TPSA) is 17.3 Å². The average Bonchev–Trinajstić information content (AvgIpc) is 2.36. The van der Waals surface area contributed by atoms with Gasteiger partial charge >= 0.3 is 0 Å². The molecular weight excluding hydrogens is 232 g/mol. The number of nitrogens with zero attached hydrogens (tertiary/aromatic N) is 2. The molecule has 0 saturated heterocycles. The molecule has 3 heteroatoms. The Kier molecular flexibility index (Phi) is 6.38. The summed E-state index contributed by atoms with van der Waals surface area (Å²) in [7, 11) is 1.78. The van der Waals surface area contributed by atoms with Crippen molar-refractivity contribution in [1.29, 1.82) is 0 Å². The Bertz CT molecular complexity index is 335. The second-order valence-corrected chi connectivity index (χ2v) is 4.54. The molecule has 0 unspecified atom stereocenters. The van der Waals surface area contributed by atoms with Gasteiger partial charge in [-0.05, 0) is 38.0 Å². The Morgan fingerprint density at radius 3 is 2.47 bits per heavy atom. The van der Waals surface area contributed by atoms with Gasteiger partial charge in [-0.15, -0.1) is 12.7 Å². The Labute approximate surface area is 110 Å². The zero-order valence-corrected chi connectivity index (χ0v) is 11.8. The van der Waals surface area contributed by atoms with E-state index in [-0.39, 0.29) is 0 Å². The fourth-order valence-electron chi connectivity index (χ4n) is 1.91. The van der Waals surface area contributed by atoms with Gasteiger partial charge in [0, 0.05) is 5.02 Å². The van der Waals surface area contributed by atoms with Crippen LogP contribution >= 0.6 is 11.6 Å². The molecule has 1 aromatic carbocycles. The summed E-state index contributed by atoms with van der Waals surface area (Å²) in [6.07, 6.45) is 2.20. The Hall–Kier alpha value is -0.730. The summed E-state index contributed by atoms with van der Waals surface area (Å²) >= 11 is 6.22. The van der Waals surface area contributed by atoms with E-state index in [4.69, 9.17) is 11.6 Å². The van der Waals surface area contributed by atoms with Crippen molar-refractivity contribution in [3.05, 3.63) is 34.1 Å². The van der Waals surface area contributed by atoms with Gasteiger partial charge in [0.15, 0.2) is 0 Å². The van der Waals surface area contributed by atoms with Crippen molar-refractivity contribution in [2.24, 2.45) is 0 Å². The molecule has 0 aromatic heterocycles. The number of hydrogen-bond donors (Lipinski definition) is 0. The predicted molar refractivity (Wildman–Crippen MR) is 76.5 cm³/mol. The molecule has 0 N–H and O–H groups in total. The summed E-state index contributed by atoms with van der Waals surface area (Å²) in [5.74, 6) is 0. The van der Waals surface area contributed by atoms with Gasteiger partial charge in [-0.25, -0.2) is 0 Å². The van der Waals surface area contributed by atoms with Gasteiger partial charge < -0.3 is 10.2 Å². The second kappa shape index (κ2) is 7.57. The van der Waals surface area contributed by atoms with Crippen LogP contribution in [0.25, 0.3) is 5.32 Å². The normalized spacial score (nSPS) is 10.9. The van der Waals surface area contributed by atoms with Crippen molar-refractivity contribution in [3.63, 3.8) is 0 Å². The Morgan fingerprint density at radius 2 is 1.94 bits per heavy atom. The maximum absolute atomic E-state index is 6.22. The molecule has 0 aliphatic carbocycles. The van der Waals surface area contributed by atoms with Crippen LogP contribution in [0.3, 0.4) is 0 Å². The quantitative estimate of drug-likeness (QED) is 0.710. The molecule has 0 spiro atoms. The summed E-state index contributed by atoms with van der Waals surface area (Å²) in [4.78, 5) is 2.43. The van der Waals surface area contributed by atoms with Crippen LogP contribution in [-0.2, 0) is 6.42 Å². The van der Waals surface area contributed by atoms with Crippen LogP contribution in [0.2, 0.25) is 5.02 Å². The highest BCUT2D eigenvalue weighted by Crippen LogP contribution is 2.25. The SMILES string of the molecule is CCN(CC)CCCc1ccc([N-]C)cc1Cl. The van der Waals surface area contributed by atoms with Crippen LogP contribution in [-0.4, -0.2) is 31.6 Å². The van der Waals surface area contributed by atoms with Crippen LogP contribution in [0.1, 0.15) is 25.8 Å². The minimum atomic E-state index is 0.840. The standard InChI is InChI=1S/C14H22ClN2/c1-4-17(5-2)10-6-7-12-8-9-13(16-3)11-14(12)15/h8-9,11H,4-7,10H2,1-3H3/q-1. The summed E-state index contributed by atoms with van der Waals surface area (Å²) in [6.45, 7) is 7.79. The van der Waals surface area contributed by atoms with Crippen LogP contribution < -0.4 is 0 Å². The van der Waals surface area contributed by atoms with E-state index < -0.39 is 0 Å². The number of hydrogen-bond acceptors (Lipinski definition) is 1. The molecule has 1 rings (SSSR count). The molecule has 1 aromatic rings. The van der Waals surface area contributed by atoms with E-state index in [0.29, 0.717) is 0 Å². The minimum absolute atomic E-state index is 0.840. The van der Waals surface area contributed by atoms with Crippen molar-refractivity contribution in [1.82, 2.24) is 4.90 Å². The van der Waals surface area contributed by atoms with Crippen molar-refractivity contribution in [2.75, 3.05) is 26.7 Å². The van der Waals surface area contributed by atoms with E-state index in [0.717, 1.165) is 43.2 Å². The molecule has 96 valence electrons. The summed E-state index contributed by atoms with van der Waals surface area (Å²) in [5.41, 5.74) is 2.17. The third-order valence-corrected chi connectivity index (χ3v) is 3.46. The maximum atomic E-state index is 6.22. The van der Waals surface area contributed by atoms with E-state index in [2.05, 4.69) is 30.1 Å². The lowest BCUT2D eigenvalue weighted by Crippen LogP contribution is -2.24. The fraction of sp³-hybridized carbons (Fsp3) is 0.571. The molecule has 0 aliphatic rings. The highest BCUT2D eigenvalue weighted by molar-refractivity contribution is 6.31. The van der Waals surface area contributed by atoms with Crippen LogP contribution in [0.5, 0.6) is 0 Å². The van der Waals surface area contributed by atoms with Crippen molar-refractivity contribution in [3.8, 4) is 0 Å². The minimum Gasteiger partial charge on any atom is -0.687 e. The molecule has 0 atom stereocenters. The van der Waals surface area contributed by atoms with Gasteiger partial charge in [0.05, 0.1) is 0 Å². The van der Waals surface area contributed by atoms with Gasteiger partial charge in [0.25, 0.3) is 0 Å². The summed E-state index contributed by atoms with van der Waals surface area (Å²) in [5, 5.41) is 4.96. The lowest BCUT2D eigenvalue weighted by molar-refractivity contribution is 0.300. The first kappa shape index (κ1) is 14.3. The van der Waals surface area contributed by atoms with Crippen LogP contribution in [0.4, 0.5) is 5.69 Å². The maximum Gasteiger partial charge on any atom is 0.0425 e. The molecule has 0 aliphatic heterocycles. The molecule has 0 amide bonds. The number of aryl methyl sites for hydroxylation is 1. The largest absolute Gasteiger partial charge is 0.687 e. The van der Waals surface area contributed by atoms with Gasteiger partial charge in [0.1, 0.15) is 0 Å². The lowest BCUT2D eigenvalue weighted by atomic mass is 10.1. The van der Waals surface area contributed by atoms with Crippen LogP contribution in [0, 0.1) is 0 Å². The smallest absolute Gasteiger partial charge is 0.0425 e. The molecule has 0 saturated carbocycles. The van der Waals surface area contributed by atoms with Gasteiger partial charge in [-0.1, -0.05) is 43.6 Å². The van der Waals surface area contributed by atoms with E-state index in [1.807, 2.05) is 12.1 Å². The van der Waals surface area contributed by atoms with Crippen molar-refractivity contribution < 1.29 is 0 Å². The zero-order valence-electron chi connectivity index (χ0n) is 11.0. The number of rotatable bonds is 7. The molecular formula is C14H22ClN2-. The number of halogens is 1. The van der Waals surface area contributed by atoms with E-state index in [1.54, 1.807) is 7.05 Å². The third kappa shape index (κ3) is 4.57. The van der Waals surface area contributed by atoms with Gasteiger partial charge in [-0.3, -0.25) is 0 Å². The lowest BCUT2D eigenvalue weighted by Gasteiger charge is -2.18. The first-order chi connectivity index (χ1) is 8.21. The van der Waals surface area contributed by atoms with Gasteiger partial charge in [0.2, 0.25) is 0 Å². The van der Waals surface area contributed by atoms with E-state index in [1.165, 1.54) is 5.56 Å².